The Morgan fingerprint density at radius 3 is 1.11 bits per heavy atom. The van der Waals surface area contributed by atoms with E-state index in [9.17, 15) is 0 Å². The van der Waals surface area contributed by atoms with Crippen molar-refractivity contribution < 1.29 is 0 Å². The molecule has 0 amide bonds. The molecule has 0 unspecified atom stereocenters. The normalized spacial score (nSPS) is 11.6. The molecule has 0 atom stereocenters. The summed E-state index contributed by atoms with van der Waals surface area (Å²) in [6, 6.07) is 52.4. The van der Waals surface area contributed by atoms with Gasteiger partial charge in [-0.25, -0.2) is 0 Å². The molecule has 6 aromatic carbocycles. The quantitative estimate of drug-likeness (QED) is 0.183. The Morgan fingerprint density at radius 1 is 0.321 bits per heavy atom. The molecule has 5 aromatic heterocycles. The summed E-state index contributed by atoms with van der Waals surface area (Å²) in [6.45, 7) is 0. The molecule has 0 aliphatic heterocycles. The predicted molar refractivity (Wildman–Crippen MR) is 219 cm³/mol. The van der Waals surface area contributed by atoms with Crippen LogP contribution in [0, 0.1) is 0 Å². The molecule has 0 radical (unpaired) electrons. The first-order valence-corrected chi connectivity index (χ1v) is 18.0. The van der Waals surface area contributed by atoms with E-state index < -0.39 is 0 Å². The molecule has 11 aromatic rings. The Hall–Kier alpha value is -8.12. The Kier molecular flexibility index (Phi) is 7.17. The molecule has 264 valence electrons. The molecule has 0 aliphatic rings. The second-order valence-electron chi connectivity index (χ2n) is 13.3. The van der Waals surface area contributed by atoms with Gasteiger partial charge >= 0.3 is 0 Å². The zero-order valence-corrected chi connectivity index (χ0v) is 29.5. The van der Waals surface area contributed by atoms with Gasteiger partial charge in [-0.2, -0.15) is 39.3 Å². The molecule has 0 fully saturated rings. The van der Waals surface area contributed by atoms with Crippen LogP contribution in [0.3, 0.4) is 0 Å². The number of rotatable bonds is 4. The van der Waals surface area contributed by atoms with E-state index in [1.165, 1.54) is 0 Å². The standard InChI is InChI=1S/C44H28N12/c1-5-13-27(14-6-1)29-21-23-33-35(25-29)39-45-37(33)49-43-52-42(54-55(43)31-17-9-3-10-18-31)48-40-36-26-30(28-15-7-2-8-16-28)22-24-34(36)38(46-40)50-44-51-41(47-39)53-56(44)32-19-11-4-12-20-32/h1-26H,(H2,45,46,47,48,49,50,51,52,53,54). The van der Waals surface area contributed by atoms with E-state index in [1.54, 1.807) is 9.36 Å². The number of nitrogens with one attached hydrogen (secondary N) is 2. The zero-order chi connectivity index (χ0) is 37.0. The van der Waals surface area contributed by atoms with Crippen LogP contribution in [-0.4, -0.2) is 59.4 Å². The van der Waals surface area contributed by atoms with Crippen molar-refractivity contribution in [3.63, 3.8) is 0 Å². The molecule has 2 N–H and O–H groups in total. The highest BCUT2D eigenvalue weighted by Crippen LogP contribution is 2.31. The highest BCUT2D eigenvalue weighted by Gasteiger charge is 2.15. The van der Waals surface area contributed by atoms with Gasteiger partial charge < -0.3 is 9.97 Å². The minimum absolute atomic E-state index is 0.224. The Labute approximate surface area is 317 Å². The summed E-state index contributed by atoms with van der Waals surface area (Å²) < 4.78 is 3.39. The van der Waals surface area contributed by atoms with Gasteiger partial charge in [0.05, 0.1) is 11.4 Å². The van der Waals surface area contributed by atoms with Crippen molar-refractivity contribution in [1.29, 1.82) is 0 Å². The van der Waals surface area contributed by atoms with E-state index in [0.29, 0.717) is 34.1 Å². The van der Waals surface area contributed by atoms with Crippen LogP contribution in [0.2, 0.25) is 0 Å². The molecule has 0 aliphatic carbocycles. The summed E-state index contributed by atoms with van der Waals surface area (Å²) in [4.78, 5) is 36.9. The van der Waals surface area contributed by atoms with Crippen molar-refractivity contribution >= 4 is 67.2 Å². The zero-order valence-electron chi connectivity index (χ0n) is 29.5. The van der Waals surface area contributed by atoms with Gasteiger partial charge in [0.25, 0.3) is 23.1 Å². The summed E-state index contributed by atoms with van der Waals surface area (Å²) in [5, 5.41) is 13.1. The van der Waals surface area contributed by atoms with Gasteiger partial charge in [-0.3, -0.25) is 0 Å². The lowest BCUT2D eigenvalue weighted by atomic mass is 10.0. The number of para-hydroxylation sites is 2. The molecule has 12 nitrogen and oxygen atoms in total. The van der Waals surface area contributed by atoms with Crippen molar-refractivity contribution in [1.82, 2.24) is 59.4 Å². The number of nitrogens with zero attached hydrogens (tertiary/aromatic N) is 10. The van der Waals surface area contributed by atoms with Crippen LogP contribution in [0.15, 0.2) is 158 Å². The average molecular weight is 725 g/mol. The number of hydrogen-bond acceptors (Lipinski definition) is 8. The monoisotopic (exact) mass is 724 g/mol. The Bertz CT molecular complexity index is 3120. The SMILES string of the molecule is c1ccc(-c2ccc3c4nc5nc(nc6[nH]c(nc7nc(nc([nH]4)c3c2)nn7-c2ccccc2)c2ccc(-c3ccccc3)cc62)nn5-c2ccccc2)cc1. The highest BCUT2D eigenvalue weighted by molar-refractivity contribution is 6.07. The molecule has 8 bridgehead atoms. The average Bonchev–Trinajstić information content (AvgIpc) is 4.03. The third-order valence-electron chi connectivity index (χ3n) is 9.75. The van der Waals surface area contributed by atoms with Gasteiger partial charge in [-0.05, 0) is 70.8 Å². The number of aromatic amines is 2. The Morgan fingerprint density at radius 2 is 0.696 bits per heavy atom. The van der Waals surface area contributed by atoms with E-state index in [-0.39, 0.29) is 11.6 Å². The molecular formula is C44H28N12. The number of fused-ring (bicyclic) bond motifs is 14. The molecule has 56 heavy (non-hydrogen) atoms. The maximum Gasteiger partial charge on any atom is 0.272 e. The van der Waals surface area contributed by atoms with Crippen LogP contribution >= 0.6 is 0 Å². The summed E-state index contributed by atoms with van der Waals surface area (Å²) in [7, 11) is 0. The first-order valence-electron chi connectivity index (χ1n) is 18.0. The summed E-state index contributed by atoms with van der Waals surface area (Å²) in [6.07, 6.45) is 0. The third kappa shape index (κ3) is 5.48. The van der Waals surface area contributed by atoms with Gasteiger partial charge in [-0.15, -0.1) is 10.2 Å². The second-order valence-corrected chi connectivity index (χ2v) is 13.3. The van der Waals surface area contributed by atoms with Gasteiger partial charge in [-0.1, -0.05) is 109 Å². The largest absolute Gasteiger partial charge is 0.324 e. The first kappa shape index (κ1) is 31.4. The maximum absolute atomic E-state index is 5.10. The van der Waals surface area contributed by atoms with Crippen molar-refractivity contribution in [3.05, 3.63) is 158 Å². The molecule has 0 saturated heterocycles. The van der Waals surface area contributed by atoms with Crippen LogP contribution < -0.4 is 0 Å². The molecule has 0 spiro atoms. The van der Waals surface area contributed by atoms with Crippen LogP contribution in [0.25, 0.3) is 101 Å². The topological polar surface area (TPSA) is 145 Å². The summed E-state index contributed by atoms with van der Waals surface area (Å²) in [5.74, 6) is 1.12. The van der Waals surface area contributed by atoms with E-state index in [1.807, 2.05) is 109 Å². The predicted octanol–water partition coefficient (Wildman–Crippen LogP) is 9.02. The smallest absolute Gasteiger partial charge is 0.272 e. The lowest BCUT2D eigenvalue weighted by molar-refractivity contribution is 0.905. The first-order chi connectivity index (χ1) is 27.7. The lowest BCUT2D eigenvalue weighted by Gasteiger charge is -2.01. The number of benzene rings is 6. The fraction of sp³-hybridized carbons (Fsp3) is 0. The van der Waals surface area contributed by atoms with E-state index >= 15 is 0 Å². The fourth-order valence-electron chi connectivity index (χ4n) is 7.07. The fourth-order valence-corrected chi connectivity index (χ4v) is 7.07. The highest BCUT2D eigenvalue weighted by atomic mass is 15.4. The maximum atomic E-state index is 5.10. The van der Waals surface area contributed by atoms with Crippen molar-refractivity contribution in [2.45, 2.75) is 0 Å². The summed E-state index contributed by atoms with van der Waals surface area (Å²) >= 11 is 0. The molecule has 11 rings (SSSR count). The van der Waals surface area contributed by atoms with Crippen LogP contribution in [-0.2, 0) is 0 Å². The minimum Gasteiger partial charge on any atom is -0.324 e. The van der Waals surface area contributed by atoms with Gasteiger partial charge in [0.15, 0.2) is 0 Å². The van der Waals surface area contributed by atoms with E-state index in [2.05, 4.69) is 58.5 Å². The number of aromatic nitrogens is 12. The Balaban J connectivity index is 1.28. The molecular weight excluding hydrogens is 697 g/mol. The molecule has 5 heterocycles. The van der Waals surface area contributed by atoms with E-state index in [0.717, 1.165) is 55.2 Å². The van der Waals surface area contributed by atoms with Crippen LogP contribution in [0.5, 0.6) is 0 Å². The molecule has 12 heteroatoms. The van der Waals surface area contributed by atoms with Crippen molar-refractivity contribution in [2.75, 3.05) is 0 Å². The summed E-state index contributed by atoms with van der Waals surface area (Å²) in [5.41, 5.74) is 7.96. The van der Waals surface area contributed by atoms with Gasteiger partial charge in [0.2, 0.25) is 0 Å². The van der Waals surface area contributed by atoms with Crippen molar-refractivity contribution in [2.24, 2.45) is 0 Å². The third-order valence-corrected chi connectivity index (χ3v) is 9.75. The number of hydrogen-bond donors (Lipinski definition) is 2. The van der Waals surface area contributed by atoms with Crippen LogP contribution in [0.1, 0.15) is 0 Å². The number of H-pyrrole nitrogens is 2. The molecule has 0 saturated carbocycles. The van der Waals surface area contributed by atoms with Crippen molar-refractivity contribution in [3.8, 4) is 33.6 Å². The lowest BCUT2D eigenvalue weighted by Crippen LogP contribution is -1.97. The van der Waals surface area contributed by atoms with E-state index in [4.69, 9.17) is 40.1 Å². The van der Waals surface area contributed by atoms with Gasteiger partial charge in [0, 0.05) is 21.5 Å². The minimum atomic E-state index is 0.224. The second kappa shape index (κ2) is 12.8. The van der Waals surface area contributed by atoms with Gasteiger partial charge in [0.1, 0.15) is 22.6 Å². The van der Waals surface area contributed by atoms with Crippen LogP contribution in [0.4, 0.5) is 0 Å².